The standard InChI is InChI=1S/C16H17BrClNOS/c1-10(15-6-7-16(18)21-15)19-13-3-2-8-20-14-9-11(17)4-5-12(13)14/h4-7,9-10,13,19H,2-3,8H2,1H3. The van der Waals surface area contributed by atoms with Gasteiger partial charge in [-0.15, -0.1) is 11.3 Å². The fourth-order valence-electron chi connectivity index (χ4n) is 2.66. The third-order valence-corrected chi connectivity index (χ3v) is 5.62. The highest BCUT2D eigenvalue weighted by molar-refractivity contribution is 9.10. The molecule has 2 heterocycles. The summed E-state index contributed by atoms with van der Waals surface area (Å²) in [6, 6.07) is 10.9. The predicted octanol–water partition coefficient (Wildman–Crippen LogP) is 5.73. The Bertz CT molecular complexity index is 630. The maximum Gasteiger partial charge on any atom is 0.125 e. The Hall–Kier alpha value is -0.550. The Balaban J connectivity index is 1.82. The zero-order valence-electron chi connectivity index (χ0n) is 11.7. The van der Waals surface area contributed by atoms with E-state index in [2.05, 4.69) is 52.4 Å². The van der Waals surface area contributed by atoms with E-state index < -0.39 is 0 Å². The number of nitrogens with one attached hydrogen (secondary N) is 1. The molecule has 0 aliphatic carbocycles. The normalized spacial score (nSPS) is 19.5. The van der Waals surface area contributed by atoms with E-state index in [1.165, 1.54) is 10.4 Å². The monoisotopic (exact) mass is 385 g/mol. The summed E-state index contributed by atoms with van der Waals surface area (Å²) < 4.78 is 7.76. The molecule has 0 bridgehead atoms. The smallest absolute Gasteiger partial charge is 0.125 e. The maximum atomic E-state index is 6.04. The topological polar surface area (TPSA) is 21.3 Å². The first-order chi connectivity index (χ1) is 10.1. The summed E-state index contributed by atoms with van der Waals surface area (Å²) in [7, 11) is 0. The summed E-state index contributed by atoms with van der Waals surface area (Å²) in [6.07, 6.45) is 2.14. The van der Waals surface area contributed by atoms with Crippen LogP contribution in [-0.4, -0.2) is 6.61 Å². The first kappa shape index (κ1) is 15.3. The van der Waals surface area contributed by atoms with Crippen molar-refractivity contribution in [3.63, 3.8) is 0 Å². The third-order valence-electron chi connectivity index (χ3n) is 3.72. The van der Waals surface area contributed by atoms with Gasteiger partial charge in [-0.2, -0.15) is 0 Å². The number of thiophene rings is 1. The molecule has 1 N–H and O–H groups in total. The van der Waals surface area contributed by atoms with Crippen LogP contribution in [0.15, 0.2) is 34.8 Å². The van der Waals surface area contributed by atoms with Crippen molar-refractivity contribution in [1.82, 2.24) is 5.32 Å². The zero-order chi connectivity index (χ0) is 14.8. The van der Waals surface area contributed by atoms with Crippen LogP contribution < -0.4 is 10.1 Å². The molecule has 5 heteroatoms. The van der Waals surface area contributed by atoms with Crippen LogP contribution in [0.2, 0.25) is 4.34 Å². The molecule has 0 radical (unpaired) electrons. The second-order valence-electron chi connectivity index (χ2n) is 5.26. The van der Waals surface area contributed by atoms with Crippen molar-refractivity contribution in [1.29, 1.82) is 0 Å². The molecule has 1 aliphatic rings. The summed E-state index contributed by atoms with van der Waals surface area (Å²) >= 11 is 11.2. The van der Waals surface area contributed by atoms with Crippen molar-refractivity contribution in [3.8, 4) is 5.75 Å². The number of benzene rings is 1. The first-order valence-corrected chi connectivity index (χ1v) is 9.06. The molecule has 21 heavy (non-hydrogen) atoms. The summed E-state index contributed by atoms with van der Waals surface area (Å²) in [5.74, 6) is 0.982. The van der Waals surface area contributed by atoms with Gasteiger partial charge in [-0.3, -0.25) is 0 Å². The van der Waals surface area contributed by atoms with Crippen molar-refractivity contribution in [2.45, 2.75) is 31.8 Å². The molecule has 0 saturated heterocycles. The van der Waals surface area contributed by atoms with Crippen molar-refractivity contribution < 1.29 is 4.74 Å². The lowest BCUT2D eigenvalue weighted by Crippen LogP contribution is -2.23. The second kappa shape index (κ2) is 6.69. The average Bonchev–Trinajstić information content (AvgIpc) is 2.79. The Kier molecular flexibility index (Phi) is 4.89. The van der Waals surface area contributed by atoms with Gasteiger partial charge in [-0.1, -0.05) is 33.6 Å². The fourth-order valence-corrected chi connectivity index (χ4v) is 4.08. The predicted molar refractivity (Wildman–Crippen MR) is 92.5 cm³/mol. The molecular formula is C16H17BrClNOS. The van der Waals surface area contributed by atoms with E-state index in [1.54, 1.807) is 11.3 Å². The molecular weight excluding hydrogens is 370 g/mol. The Labute approximate surface area is 142 Å². The highest BCUT2D eigenvalue weighted by atomic mass is 79.9. The van der Waals surface area contributed by atoms with Crippen LogP contribution in [0.3, 0.4) is 0 Å². The van der Waals surface area contributed by atoms with Gasteiger partial charge in [0.05, 0.1) is 10.9 Å². The minimum Gasteiger partial charge on any atom is -0.493 e. The molecule has 2 nitrogen and oxygen atoms in total. The molecule has 3 rings (SSSR count). The van der Waals surface area contributed by atoms with Crippen molar-refractivity contribution >= 4 is 38.9 Å². The van der Waals surface area contributed by atoms with E-state index in [-0.39, 0.29) is 6.04 Å². The third kappa shape index (κ3) is 3.62. The van der Waals surface area contributed by atoms with Crippen molar-refractivity contribution in [3.05, 3.63) is 49.6 Å². The second-order valence-corrected chi connectivity index (χ2v) is 7.92. The quantitative estimate of drug-likeness (QED) is 0.727. The Morgan fingerprint density at radius 2 is 2.24 bits per heavy atom. The number of hydrogen-bond acceptors (Lipinski definition) is 3. The van der Waals surface area contributed by atoms with Gasteiger partial charge in [0.2, 0.25) is 0 Å². The van der Waals surface area contributed by atoms with Gasteiger partial charge in [0.1, 0.15) is 5.75 Å². The number of ether oxygens (including phenoxy) is 1. The van der Waals surface area contributed by atoms with E-state index in [4.69, 9.17) is 16.3 Å². The van der Waals surface area contributed by atoms with E-state index >= 15 is 0 Å². The van der Waals surface area contributed by atoms with Crippen LogP contribution in [0.25, 0.3) is 0 Å². The largest absolute Gasteiger partial charge is 0.493 e. The van der Waals surface area contributed by atoms with Gasteiger partial charge >= 0.3 is 0 Å². The zero-order valence-corrected chi connectivity index (χ0v) is 14.9. The summed E-state index contributed by atoms with van der Waals surface area (Å²) in [5, 5.41) is 3.72. The maximum absolute atomic E-state index is 6.04. The van der Waals surface area contributed by atoms with E-state index in [0.29, 0.717) is 6.04 Å². The van der Waals surface area contributed by atoms with Crippen LogP contribution >= 0.6 is 38.9 Å². The van der Waals surface area contributed by atoms with Crippen LogP contribution in [0.4, 0.5) is 0 Å². The molecule has 1 aliphatic heterocycles. The van der Waals surface area contributed by atoms with Crippen LogP contribution in [0, 0.1) is 0 Å². The van der Waals surface area contributed by atoms with Gasteiger partial charge in [0.15, 0.2) is 0 Å². The lowest BCUT2D eigenvalue weighted by atomic mass is 10.0. The van der Waals surface area contributed by atoms with E-state index in [0.717, 1.165) is 34.0 Å². The highest BCUT2D eigenvalue weighted by Crippen LogP contribution is 2.36. The van der Waals surface area contributed by atoms with Gasteiger partial charge < -0.3 is 10.1 Å². The molecule has 2 atom stereocenters. The number of halogens is 2. The van der Waals surface area contributed by atoms with Crippen LogP contribution in [-0.2, 0) is 0 Å². The van der Waals surface area contributed by atoms with E-state index in [1.807, 2.05) is 6.07 Å². The van der Waals surface area contributed by atoms with Gasteiger partial charge in [-0.05, 0) is 44.0 Å². The highest BCUT2D eigenvalue weighted by Gasteiger charge is 2.22. The van der Waals surface area contributed by atoms with Crippen LogP contribution in [0.1, 0.15) is 42.3 Å². The lowest BCUT2D eigenvalue weighted by molar-refractivity contribution is 0.314. The van der Waals surface area contributed by atoms with Gasteiger partial charge in [0.25, 0.3) is 0 Å². The SMILES string of the molecule is CC(NC1CCCOc2cc(Br)ccc21)c1ccc(Cl)s1. The molecule has 1 aromatic carbocycles. The molecule has 0 amide bonds. The molecule has 0 fully saturated rings. The number of hydrogen-bond donors (Lipinski definition) is 1. The van der Waals surface area contributed by atoms with E-state index in [9.17, 15) is 0 Å². The number of rotatable bonds is 3. The fraction of sp³-hybridized carbons (Fsp3) is 0.375. The van der Waals surface area contributed by atoms with Crippen molar-refractivity contribution in [2.24, 2.45) is 0 Å². The van der Waals surface area contributed by atoms with Crippen molar-refractivity contribution in [2.75, 3.05) is 6.61 Å². The number of fused-ring (bicyclic) bond motifs is 1. The minimum atomic E-state index is 0.280. The minimum absolute atomic E-state index is 0.280. The van der Waals surface area contributed by atoms with Crippen LogP contribution in [0.5, 0.6) is 5.75 Å². The van der Waals surface area contributed by atoms with Gasteiger partial charge in [0, 0.05) is 27.0 Å². The molecule has 2 unspecified atom stereocenters. The summed E-state index contributed by atoms with van der Waals surface area (Å²) in [5.41, 5.74) is 1.24. The molecule has 1 aromatic heterocycles. The Morgan fingerprint density at radius 1 is 1.38 bits per heavy atom. The van der Waals surface area contributed by atoms with Gasteiger partial charge in [-0.25, -0.2) is 0 Å². The summed E-state index contributed by atoms with van der Waals surface area (Å²) in [6.45, 7) is 2.97. The average molecular weight is 387 g/mol. The Morgan fingerprint density at radius 3 is 3.00 bits per heavy atom. The first-order valence-electron chi connectivity index (χ1n) is 7.07. The molecule has 0 spiro atoms. The molecule has 2 aromatic rings. The molecule has 112 valence electrons. The lowest BCUT2D eigenvalue weighted by Gasteiger charge is -2.22. The summed E-state index contributed by atoms with van der Waals surface area (Å²) in [4.78, 5) is 1.27. The molecule has 0 saturated carbocycles.